The van der Waals surface area contributed by atoms with E-state index in [1.54, 1.807) is 0 Å². The second-order valence-electron chi connectivity index (χ2n) is 7.04. The van der Waals surface area contributed by atoms with Crippen molar-refractivity contribution >= 4 is 5.91 Å². The van der Waals surface area contributed by atoms with Gasteiger partial charge in [-0.3, -0.25) is 9.69 Å². The van der Waals surface area contributed by atoms with Crippen molar-refractivity contribution in [3.63, 3.8) is 0 Å². The first-order valence-electron chi connectivity index (χ1n) is 8.78. The van der Waals surface area contributed by atoms with Crippen molar-refractivity contribution in [1.82, 2.24) is 10.2 Å². The zero-order valence-electron chi connectivity index (χ0n) is 14.4. The van der Waals surface area contributed by atoms with Crippen molar-refractivity contribution in [1.29, 1.82) is 0 Å². The van der Waals surface area contributed by atoms with Gasteiger partial charge in [-0.2, -0.15) is 0 Å². The fraction of sp³-hybridized carbons (Fsp3) is 0.632. The van der Waals surface area contributed by atoms with Crippen LogP contribution in [0.25, 0.3) is 0 Å². The first kappa shape index (κ1) is 18.0. The summed E-state index contributed by atoms with van der Waals surface area (Å²) >= 11 is 0. The van der Waals surface area contributed by atoms with Gasteiger partial charge in [0, 0.05) is 19.5 Å². The number of nitrogens with zero attached hydrogens (tertiary/aromatic N) is 1. The lowest BCUT2D eigenvalue weighted by Gasteiger charge is -2.25. The molecule has 0 radical (unpaired) electrons. The summed E-state index contributed by atoms with van der Waals surface area (Å²) in [5, 5.41) is 13.5. The molecule has 0 bridgehead atoms. The van der Waals surface area contributed by atoms with E-state index in [0.29, 0.717) is 18.9 Å². The summed E-state index contributed by atoms with van der Waals surface area (Å²) in [5.74, 6) is 0.598. The van der Waals surface area contributed by atoms with Crippen molar-refractivity contribution in [3.05, 3.63) is 35.9 Å². The summed E-state index contributed by atoms with van der Waals surface area (Å²) < 4.78 is 0. The minimum atomic E-state index is -0.496. The van der Waals surface area contributed by atoms with E-state index in [4.69, 9.17) is 0 Å². The topological polar surface area (TPSA) is 52.6 Å². The lowest BCUT2D eigenvalue weighted by molar-refractivity contribution is -0.123. The molecule has 2 rings (SSSR count). The van der Waals surface area contributed by atoms with Crippen LogP contribution in [-0.4, -0.2) is 41.1 Å². The Morgan fingerprint density at radius 1 is 1.35 bits per heavy atom. The molecule has 0 aromatic heterocycles. The molecule has 1 aliphatic heterocycles. The maximum atomic E-state index is 12.0. The first-order valence-corrected chi connectivity index (χ1v) is 8.78. The Morgan fingerprint density at radius 3 is 2.78 bits per heavy atom. The standard InChI is InChI=1S/C19H30N2O2/c1-15(2)10-11-19(23)20-17-9-6-12-21(14-18(17)22)13-16-7-4-3-5-8-16/h3-5,7-8,15,17-18,22H,6,9-14H2,1-2H3,(H,20,23)/t17?,18-/m0/s1. The van der Waals surface area contributed by atoms with E-state index >= 15 is 0 Å². The highest BCUT2D eigenvalue weighted by Gasteiger charge is 2.26. The summed E-state index contributed by atoms with van der Waals surface area (Å²) in [5.41, 5.74) is 1.26. The third kappa shape index (κ3) is 6.32. The van der Waals surface area contributed by atoms with Crippen LogP contribution in [0.2, 0.25) is 0 Å². The summed E-state index contributed by atoms with van der Waals surface area (Å²) in [4.78, 5) is 14.3. The van der Waals surface area contributed by atoms with E-state index in [9.17, 15) is 9.90 Å². The molecule has 0 aliphatic carbocycles. The van der Waals surface area contributed by atoms with Gasteiger partial charge >= 0.3 is 0 Å². The number of benzene rings is 1. The number of aliphatic hydroxyl groups excluding tert-OH is 1. The zero-order chi connectivity index (χ0) is 16.7. The molecule has 2 N–H and O–H groups in total. The van der Waals surface area contributed by atoms with E-state index in [-0.39, 0.29) is 11.9 Å². The Kier molecular flexibility index (Phi) is 7.06. The summed E-state index contributed by atoms with van der Waals surface area (Å²) in [6.07, 6.45) is 2.80. The maximum absolute atomic E-state index is 12.0. The van der Waals surface area contributed by atoms with Gasteiger partial charge in [0.25, 0.3) is 0 Å². The molecule has 1 amide bonds. The highest BCUT2D eigenvalue weighted by atomic mass is 16.3. The number of likely N-dealkylation sites (tertiary alicyclic amines) is 1. The molecule has 1 aliphatic rings. The van der Waals surface area contributed by atoms with Gasteiger partial charge in [0.05, 0.1) is 12.1 Å². The van der Waals surface area contributed by atoms with Crippen LogP contribution >= 0.6 is 0 Å². The van der Waals surface area contributed by atoms with Gasteiger partial charge in [-0.15, -0.1) is 0 Å². The normalized spacial score (nSPS) is 22.8. The number of hydrogen-bond acceptors (Lipinski definition) is 3. The summed E-state index contributed by atoms with van der Waals surface area (Å²) in [6, 6.07) is 10.2. The number of amides is 1. The van der Waals surface area contributed by atoms with Crippen molar-refractivity contribution in [2.75, 3.05) is 13.1 Å². The molecule has 1 fully saturated rings. The van der Waals surface area contributed by atoms with Crippen molar-refractivity contribution in [3.8, 4) is 0 Å². The van der Waals surface area contributed by atoms with E-state index < -0.39 is 6.10 Å². The predicted octanol–water partition coefficient (Wildman–Crippen LogP) is 2.56. The molecule has 4 heteroatoms. The van der Waals surface area contributed by atoms with E-state index in [1.165, 1.54) is 5.56 Å². The largest absolute Gasteiger partial charge is 0.390 e. The van der Waals surface area contributed by atoms with Crippen molar-refractivity contribution < 1.29 is 9.90 Å². The predicted molar refractivity (Wildman–Crippen MR) is 93.0 cm³/mol. The van der Waals surface area contributed by atoms with Crippen LogP contribution in [0, 0.1) is 5.92 Å². The zero-order valence-corrected chi connectivity index (χ0v) is 14.4. The molecule has 1 saturated heterocycles. The number of rotatable bonds is 6. The van der Waals surface area contributed by atoms with Crippen LogP contribution in [0.15, 0.2) is 30.3 Å². The second kappa shape index (κ2) is 9.04. The van der Waals surface area contributed by atoms with E-state index in [0.717, 1.165) is 32.4 Å². The summed E-state index contributed by atoms with van der Waals surface area (Å²) in [6.45, 7) is 6.67. The number of carbonyl (C=O) groups excluding carboxylic acids is 1. The van der Waals surface area contributed by atoms with Crippen LogP contribution in [0.3, 0.4) is 0 Å². The lowest BCUT2D eigenvalue weighted by Crippen LogP contribution is -2.46. The second-order valence-corrected chi connectivity index (χ2v) is 7.04. The van der Waals surface area contributed by atoms with Gasteiger partial charge in [-0.1, -0.05) is 44.2 Å². The third-order valence-electron chi connectivity index (χ3n) is 4.44. The minimum Gasteiger partial charge on any atom is -0.390 e. The van der Waals surface area contributed by atoms with Crippen molar-refractivity contribution in [2.24, 2.45) is 5.92 Å². The van der Waals surface area contributed by atoms with Gasteiger partial charge in [0.15, 0.2) is 0 Å². The maximum Gasteiger partial charge on any atom is 0.220 e. The SMILES string of the molecule is CC(C)CCC(=O)NC1CCCN(Cc2ccccc2)C[C@@H]1O. The fourth-order valence-corrected chi connectivity index (χ4v) is 3.06. The lowest BCUT2D eigenvalue weighted by atomic mass is 10.0. The van der Waals surface area contributed by atoms with Gasteiger partial charge in [-0.05, 0) is 37.3 Å². The Bertz CT molecular complexity index is 476. The average molecular weight is 318 g/mol. The molecular weight excluding hydrogens is 288 g/mol. The molecular formula is C19H30N2O2. The minimum absolute atomic E-state index is 0.0688. The average Bonchev–Trinajstić information content (AvgIpc) is 2.68. The van der Waals surface area contributed by atoms with Crippen LogP contribution in [0.1, 0.15) is 45.1 Å². The Labute approximate surface area is 139 Å². The highest BCUT2D eigenvalue weighted by Crippen LogP contribution is 2.15. The fourth-order valence-electron chi connectivity index (χ4n) is 3.06. The quantitative estimate of drug-likeness (QED) is 0.847. The number of β-amino-alcohol motifs (C(OH)–C–C–N with tert-alkyl or cyclic N) is 1. The number of hydrogen-bond donors (Lipinski definition) is 2. The van der Waals surface area contributed by atoms with Gasteiger partial charge in [0.2, 0.25) is 5.91 Å². The van der Waals surface area contributed by atoms with Crippen LogP contribution < -0.4 is 5.32 Å². The van der Waals surface area contributed by atoms with E-state index in [1.807, 2.05) is 18.2 Å². The Hall–Kier alpha value is -1.39. The third-order valence-corrected chi connectivity index (χ3v) is 4.44. The Morgan fingerprint density at radius 2 is 2.09 bits per heavy atom. The monoisotopic (exact) mass is 318 g/mol. The molecule has 1 heterocycles. The van der Waals surface area contributed by atoms with E-state index in [2.05, 4.69) is 36.2 Å². The molecule has 1 aromatic rings. The molecule has 0 spiro atoms. The van der Waals surface area contributed by atoms with Crippen LogP contribution in [-0.2, 0) is 11.3 Å². The molecule has 4 nitrogen and oxygen atoms in total. The number of aliphatic hydroxyl groups is 1. The molecule has 1 unspecified atom stereocenters. The number of nitrogens with one attached hydrogen (secondary N) is 1. The molecule has 23 heavy (non-hydrogen) atoms. The van der Waals surface area contributed by atoms with Crippen LogP contribution in [0.5, 0.6) is 0 Å². The van der Waals surface area contributed by atoms with Gasteiger partial charge in [0.1, 0.15) is 0 Å². The van der Waals surface area contributed by atoms with Gasteiger partial charge in [-0.25, -0.2) is 0 Å². The van der Waals surface area contributed by atoms with Crippen molar-refractivity contribution in [2.45, 2.75) is 58.2 Å². The van der Waals surface area contributed by atoms with Gasteiger partial charge < -0.3 is 10.4 Å². The summed E-state index contributed by atoms with van der Waals surface area (Å²) in [7, 11) is 0. The number of carbonyl (C=O) groups is 1. The molecule has 0 saturated carbocycles. The molecule has 2 atom stereocenters. The van der Waals surface area contributed by atoms with Crippen LogP contribution in [0.4, 0.5) is 0 Å². The Balaban J connectivity index is 1.83. The highest BCUT2D eigenvalue weighted by molar-refractivity contribution is 5.76. The molecule has 128 valence electrons. The smallest absolute Gasteiger partial charge is 0.220 e. The first-order chi connectivity index (χ1) is 11.0. The molecule has 1 aromatic carbocycles.